The van der Waals surface area contributed by atoms with E-state index >= 15 is 0 Å². The van der Waals surface area contributed by atoms with Gasteiger partial charge in [-0.15, -0.1) is 0 Å². The Kier molecular flexibility index (Phi) is 8.44. The Bertz CT molecular complexity index is 1040. The number of nitrogens with one attached hydrogen (secondary N) is 2. The number of likely N-dealkylation sites (tertiary alicyclic amines) is 1. The SMILES string of the molecule is NC1CCN(CCCCCOCC(=O)Nc2cccc3c2C(=O)N(C2CCC(=O)NC2=O)C3=O)CC1. The first-order valence-electron chi connectivity index (χ1n) is 12.5. The van der Waals surface area contributed by atoms with Gasteiger partial charge in [-0.1, -0.05) is 6.07 Å². The topological polar surface area (TPSA) is 151 Å². The quantitative estimate of drug-likeness (QED) is 0.313. The number of amides is 5. The lowest BCUT2D eigenvalue weighted by atomic mass is 10.0. The van der Waals surface area contributed by atoms with E-state index in [9.17, 15) is 24.0 Å². The molecule has 36 heavy (non-hydrogen) atoms. The first kappa shape index (κ1) is 25.9. The fourth-order valence-corrected chi connectivity index (χ4v) is 4.86. The summed E-state index contributed by atoms with van der Waals surface area (Å²) in [6, 6.07) is 3.84. The van der Waals surface area contributed by atoms with E-state index in [0.717, 1.165) is 56.6 Å². The minimum Gasteiger partial charge on any atom is -0.372 e. The minimum atomic E-state index is -1.06. The maximum absolute atomic E-state index is 13.1. The predicted molar refractivity (Wildman–Crippen MR) is 130 cm³/mol. The van der Waals surface area contributed by atoms with Gasteiger partial charge in [0.25, 0.3) is 11.8 Å². The number of ether oxygens (including phenoxy) is 1. The zero-order valence-corrected chi connectivity index (χ0v) is 20.3. The molecule has 0 spiro atoms. The number of anilines is 1. The number of imide groups is 2. The molecule has 194 valence electrons. The standard InChI is InChI=1S/C25H33N5O6/c26-16-9-12-29(13-10-16)11-2-1-3-14-36-15-21(32)27-18-6-4-5-17-22(18)25(35)30(24(17)34)19-7-8-20(31)28-23(19)33/h4-6,16,19H,1-3,7-15,26H2,(H,27,32)(H,28,31,33). The number of nitrogens with zero attached hydrogens (tertiary/aromatic N) is 2. The number of hydrogen-bond donors (Lipinski definition) is 3. The predicted octanol–water partition coefficient (Wildman–Crippen LogP) is 0.636. The summed E-state index contributed by atoms with van der Waals surface area (Å²) in [5, 5.41) is 4.81. The highest BCUT2D eigenvalue weighted by Crippen LogP contribution is 2.32. The van der Waals surface area contributed by atoms with Crippen LogP contribution in [0.25, 0.3) is 0 Å². The summed E-state index contributed by atoms with van der Waals surface area (Å²) in [5.41, 5.74) is 6.27. The van der Waals surface area contributed by atoms with Crippen LogP contribution in [0.15, 0.2) is 18.2 Å². The van der Waals surface area contributed by atoms with Crippen LogP contribution >= 0.6 is 0 Å². The Morgan fingerprint density at radius 1 is 1.06 bits per heavy atom. The number of benzene rings is 1. The van der Waals surface area contributed by atoms with Crippen molar-refractivity contribution in [2.45, 2.75) is 57.0 Å². The Hall–Kier alpha value is -3.15. The Labute approximate surface area is 209 Å². The van der Waals surface area contributed by atoms with Crippen molar-refractivity contribution >= 4 is 35.2 Å². The molecule has 3 aliphatic rings. The first-order chi connectivity index (χ1) is 17.3. The van der Waals surface area contributed by atoms with E-state index in [2.05, 4.69) is 15.5 Å². The van der Waals surface area contributed by atoms with Crippen LogP contribution in [0.4, 0.5) is 5.69 Å². The number of fused-ring (bicyclic) bond motifs is 1. The van der Waals surface area contributed by atoms with Crippen molar-refractivity contribution < 1.29 is 28.7 Å². The maximum Gasteiger partial charge on any atom is 0.264 e. The first-order valence-corrected chi connectivity index (χ1v) is 12.5. The lowest BCUT2D eigenvalue weighted by Gasteiger charge is -2.29. The van der Waals surface area contributed by atoms with Gasteiger partial charge in [-0.3, -0.25) is 34.2 Å². The van der Waals surface area contributed by atoms with E-state index in [4.69, 9.17) is 10.5 Å². The number of hydrogen-bond acceptors (Lipinski definition) is 8. The summed E-state index contributed by atoms with van der Waals surface area (Å²) in [5.74, 6) is -2.85. The fourth-order valence-electron chi connectivity index (χ4n) is 4.86. The lowest BCUT2D eigenvalue weighted by Crippen LogP contribution is -2.54. The number of unbranched alkanes of at least 4 members (excludes halogenated alkanes) is 2. The largest absolute Gasteiger partial charge is 0.372 e. The number of nitrogens with two attached hydrogens (primary N) is 1. The van der Waals surface area contributed by atoms with Crippen LogP contribution < -0.4 is 16.4 Å². The van der Waals surface area contributed by atoms with Crippen molar-refractivity contribution in [3.05, 3.63) is 29.3 Å². The maximum atomic E-state index is 13.1. The zero-order chi connectivity index (χ0) is 25.7. The molecule has 0 bridgehead atoms. The van der Waals surface area contributed by atoms with Crippen molar-refractivity contribution in [3.8, 4) is 0 Å². The summed E-state index contributed by atoms with van der Waals surface area (Å²) < 4.78 is 5.49. The van der Waals surface area contributed by atoms with Crippen LogP contribution in [0.3, 0.4) is 0 Å². The second kappa shape index (κ2) is 11.7. The second-order valence-electron chi connectivity index (χ2n) is 9.52. The van der Waals surface area contributed by atoms with Crippen molar-refractivity contribution in [1.82, 2.24) is 15.1 Å². The van der Waals surface area contributed by atoms with Gasteiger partial charge in [-0.25, -0.2) is 0 Å². The van der Waals surface area contributed by atoms with Gasteiger partial charge in [-0.05, 0) is 70.3 Å². The van der Waals surface area contributed by atoms with Gasteiger partial charge >= 0.3 is 0 Å². The molecule has 2 fully saturated rings. The Morgan fingerprint density at radius 2 is 1.83 bits per heavy atom. The van der Waals surface area contributed by atoms with E-state index in [1.165, 1.54) is 12.1 Å². The van der Waals surface area contributed by atoms with Crippen LogP contribution in [0.5, 0.6) is 0 Å². The highest BCUT2D eigenvalue weighted by molar-refractivity contribution is 6.26. The Balaban J connectivity index is 1.22. The fraction of sp³-hybridized carbons (Fsp3) is 0.560. The van der Waals surface area contributed by atoms with Gasteiger partial charge in [0.15, 0.2) is 0 Å². The van der Waals surface area contributed by atoms with Crippen LogP contribution in [0.2, 0.25) is 0 Å². The van der Waals surface area contributed by atoms with Crippen LogP contribution in [-0.4, -0.2) is 84.3 Å². The van der Waals surface area contributed by atoms with Crippen LogP contribution in [0, 0.1) is 0 Å². The molecule has 4 N–H and O–H groups in total. The van der Waals surface area contributed by atoms with E-state index in [0.29, 0.717) is 12.6 Å². The van der Waals surface area contributed by atoms with Crippen molar-refractivity contribution in [2.75, 3.05) is 38.2 Å². The zero-order valence-electron chi connectivity index (χ0n) is 20.3. The number of carbonyl (C=O) groups is 5. The molecule has 1 unspecified atom stereocenters. The molecule has 4 rings (SSSR count). The van der Waals surface area contributed by atoms with E-state index in [-0.39, 0.29) is 36.3 Å². The summed E-state index contributed by atoms with van der Waals surface area (Å²) in [6.07, 6.45) is 5.13. The minimum absolute atomic E-state index is 0.0394. The average Bonchev–Trinajstić information content (AvgIpc) is 3.10. The van der Waals surface area contributed by atoms with Gasteiger partial charge in [-0.2, -0.15) is 0 Å². The molecule has 0 aromatic heterocycles. The van der Waals surface area contributed by atoms with Gasteiger partial charge in [0.1, 0.15) is 12.6 Å². The molecule has 2 saturated heterocycles. The number of rotatable bonds is 10. The molecule has 3 aliphatic heterocycles. The number of piperidine rings is 2. The van der Waals surface area contributed by atoms with E-state index < -0.39 is 35.6 Å². The highest BCUT2D eigenvalue weighted by Gasteiger charge is 2.45. The normalized spacial score (nSPS) is 21.0. The molecule has 1 atom stereocenters. The molecule has 11 heteroatoms. The van der Waals surface area contributed by atoms with Crippen molar-refractivity contribution in [2.24, 2.45) is 5.73 Å². The average molecular weight is 500 g/mol. The molecule has 0 saturated carbocycles. The summed E-state index contributed by atoms with van der Waals surface area (Å²) in [6.45, 7) is 3.44. The van der Waals surface area contributed by atoms with Crippen LogP contribution in [0.1, 0.15) is 65.7 Å². The molecular weight excluding hydrogens is 466 g/mol. The third kappa shape index (κ3) is 5.97. The van der Waals surface area contributed by atoms with Crippen molar-refractivity contribution in [3.63, 3.8) is 0 Å². The third-order valence-corrected chi connectivity index (χ3v) is 6.87. The van der Waals surface area contributed by atoms with E-state index in [1.807, 2.05) is 0 Å². The van der Waals surface area contributed by atoms with Gasteiger partial charge in [0.2, 0.25) is 17.7 Å². The molecule has 11 nitrogen and oxygen atoms in total. The molecule has 1 aromatic carbocycles. The molecule has 3 heterocycles. The molecule has 5 amide bonds. The third-order valence-electron chi connectivity index (χ3n) is 6.87. The summed E-state index contributed by atoms with van der Waals surface area (Å²) in [4.78, 5) is 65.4. The summed E-state index contributed by atoms with van der Waals surface area (Å²) in [7, 11) is 0. The van der Waals surface area contributed by atoms with Crippen LogP contribution in [-0.2, 0) is 19.1 Å². The van der Waals surface area contributed by atoms with Gasteiger partial charge in [0, 0.05) is 19.1 Å². The van der Waals surface area contributed by atoms with Gasteiger partial charge < -0.3 is 20.7 Å². The van der Waals surface area contributed by atoms with Gasteiger partial charge in [0.05, 0.1) is 16.8 Å². The monoisotopic (exact) mass is 499 g/mol. The Morgan fingerprint density at radius 3 is 2.58 bits per heavy atom. The highest BCUT2D eigenvalue weighted by atomic mass is 16.5. The lowest BCUT2D eigenvalue weighted by molar-refractivity contribution is -0.136. The van der Waals surface area contributed by atoms with E-state index in [1.54, 1.807) is 6.07 Å². The smallest absolute Gasteiger partial charge is 0.264 e. The number of carbonyl (C=O) groups excluding carboxylic acids is 5. The second-order valence-corrected chi connectivity index (χ2v) is 9.52. The molecule has 0 aliphatic carbocycles. The molecule has 0 radical (unpaired) electrons. The molecule has 1 aromatic rings. The van der Waals surface area contributed by atoms with Crippen molar-refractivity contribution in [1.29, 1.82) is 0 Å². The molecular formula is C25H33N5O6. The summed E-state index contributed by atoms with van der Waals surface area (Å²) >= 11 is 0.